The molecule has 0 fully saturated rings. The van der Waals surface area contributed by atoms with E-state index < -0.39 is 0 Å². The van der Waals surface area contributed by atoms with E-state index >= 15 is 0 Å². The highest BCUT2D eigenvalue weighted by Gasteiger charge is 2.14. The lowest BCUT2D eigenvalue weighted by Gasteiger charge is -2.14. The summed E-state index contributed by atoms with van der Waals surface area (Å²) in [7, 11) is 3.21. The van der Waals surface area contributed by atoms with Gasteiger partial charge < -0.3 is 9.47 Å². The number of rotatable bonds is 3. The van der Waals surface area contributed by atoms with Gasteiger partial charge in [0.25, 0.3) is 0 Å². The van der Waals surface area contributed by atoms with Crippen molar-refractivity contribution in [2.75, 3.05) is 14.2 Å². The zero-order chi connectivity index (χ0) is 14.9. The Balaban J connectivity index is 2.67. The van der Waals surface area contributed by atoms with Gasteiger partial charge in [-0.25, -0.2) is 4.39 Å². The lowest BCUT2D eigenvalue weighted by Crippen LogP contribution is -1.96. The fourth-order valence-corrected chi connectivity index (χ4v) is 2.42. The molecule has 0 unspecified atom stereocenters. The molecule has 2 nitrogen and oxygen atoms in total. The van der Waals surface area contributed by atoms with E-state index in [-0.39, 0.29) is 5.82 Å². The molecule has 106 valence electrons. The van der Waals surface area contributed by atoms with Crippen molar-refractivity contribution in [2.24, 2.45) is 0 Å². The Morgan fingerprint density at radius 1 is 0.700 bits per heavy atom. The van der Waals surface area contributed by atoms with Gasteiger partial charge in [-0.3, -0.25) is 0 Å². The average Bonchev–Trinajstić information content (AvgIpc) is 2.40. The van der Waals surface area contributed by atoms with Crippen LogP contribution in [0.3, 0.4) is 0 Å². The maximum Gasteiger partial charge on any atom is 0.131 e. The van der Waals surface area contributed by atoms with Crippen molar-refractivity contribution < 1.29 is 13.9 Å². The third kappa shape index (κ3) is 2.48. The molecule has 3 heteroatoms. The number of hydrogen-bond donors (Lipinski definition) is 0. The minimum Gasteiger partial charge on any atom is -0.496 e. The maximum absolute atomic E-state index is 14.3. The molecule has 0 aromatic heterocycles. The van der Waals surface area contributed by atoms with E-state index in [1.54, 1.807) is 20.3 Å². The normalized spacial score (nSPS) is 10.5. The summed E-state index contributed by atoms with van der Waals surface area (Å²) in [5, 5.41) is 0. The smallest absolute Gasteiger partial charge is 0.131 e. The van der Waals surface area contributed by atoms with Gasteiger partial charge in [0.1, 0.15) is 17.3 Å². The Bertz CT molecular complexity index is 590. The molecule has 0 heterocycles. The Kier molecular flexibility index (Phi) is 3.98. The van der Waals surface area contributed by atoms with Crippen molar-refractivity contribution >= 4 is 0 Å². The van der Waals surface area contributed by atoms with E-state index in [4.69, 9.17) is 9.47 Å². The Labute approximate surface area is 119 Å². The summed E-state index contributed by atoms with van der Waals surface area (Å²) in [6, 6.07) is 7.11. The third-order valence-electron chi connectivity index (χ3n) is 3.52. The Morgan fingerprint density at radius 3 is 1.75 bits per heavy atom. The first kappa shape index (κ1) is 14.4. The van der Waals surface area contributed by atoms with Gasteiger partial charge in [0.05, 0.1) is 14.2 Å². The summed E-state index contributed by atoms with van der Waals surface area (Å²) in [4.78, 5) is 0. The number of methoxy groups -OCH3 is 2. The Hall–Kier alpha value is -2.03. The van der Waals surface area contributed by atoms with E-state index in [1.807, 2.05) is 32.9 Å². The van der Waals surface area contributed by atoms with E-state index in [2.05, 4.69) is 0 Å². The number of aryl methyl sites for hydroxylation is 3. The molecule has 0 saturated heterocycles. The molecule has 0 bridgehead atoms. The number of hydrogen-bond acceptors (Lipinski definition) is 2. The molecule has 20 heavy (non-hydrogen) atoms. The molecule has 0 atom stereocenters. The maximum atomic E-state index is 14.3. The lowest BCUT2D eigenvalue weighted by atomic mass is 9.96. The highest BCUT2D eigenvalue weighted by Crippen LogP contribution is 2.35. The van der Waals surface area contributed by atoms with E-state index in [0.29, 0.717) is 11.3 Å². The molecule has 0 aliphatic heterocycles. The zero-order valence-electron chi connectivity index (χ0n) is 12.5. The number of benzene rings is 2. The predicted molar refractivity (Wildman–Crippen MR) is 79.2 cm³/mol. The molecule has 0 amide bonds. The largest absolute Gasteiger partial charge is 0.496 e. The first-order valence-corrected chi connectivity index (χ1v) is 6.47. The molecule has 2 rings (SSSR count). The summed E-state index contributed by atoms with van der Waals surface area (Å²) in [5.41, 5.74) is 4.18. The molecule has 2 aromatic carbocycles. The summed E-state index contributed by atoms with van der Waals surface area (Å²) in [6.45, 7) is 5.77. The van der Waals surface area contributed by atoms with Crippen molar-refractivity contribution in [2.45, 2.75) is 20.8 Å². The van der Waals surface area contributed by atoms with Crippen LogP contribution in [0.5, 0.6) is 11.5 Å². The summed E-state index contributed by atoms with van der Waals surface area (Å²) < 4.78 is 24.9. The highest BCUT2D eigenvalue weighted by molar-refractivity contribution is 5.72. The van der Waals surface area contributed by atoms with Crippen LogP contribution in [0.1, 0.15) is 16.7 Å². The van der Waals surface area contributed by atoms with Crippen LogP contribution in [-0.4, -0.2) is 14.2 Å². The molecule has 0 aliphatic rings. The average molecular weight is 274 g/mol. The topological polar surface area (TPSA) is 18.5 Å². The van der Waals surface area contributed by atoms with Gasteiger partial charge >= 0.3 is 0 Å². The van der Waals surface area contributed by atoms with Crippen LogP contribution in [0.15, 0.2) is 24.3 Å². The van der Waals surface area contributed by atoms with Crippen molar-refractivity contribution in [3.05, 3.63) is 46.8 Å². The summed E-state index contributed by atoms with van der Waals surface area (Å²) >= 11 is 0. The van der Waals surface area contributed by atoms with E-state index in [9.17, 15) is 4.39 Å². The van der Waals surface area contributed by atoms with Crippen LogP contribution < -0.4 is 9.47 Å². The fraction of sp³-hybridized carbons (Fsp3) is 0.294. The summed E-state index contributed by atoms with van der Waals surface area (Å²) in [6.07, 6.45) is 0. The van der Waals surface area contributed by atoms with Crippen molar-refractivity contribution in [3.8, 4) is 22.6 Å². The summed E-state index contributed by atoms with van der Waals surface area (Å²) in [5.74, 6) is 1.18. The molecule has 0 N–H and O–H groups in total. The van der Waals surface area contributed by atoms with Crippen molar-refractivity contribution in [1.29, 1.82) is 0 Å². The second-order valence-electron chi connectivity index (χ2n) is 4.94. The van der Waals surface area contributed by atoms with Gasteiger partial charge in [0, 0.05) is 5.56 Å². The van der Waals surface area contributed by atoms with Crippen LogP contribution >= 0.6 is 0 Å². The van der Waals surface area contributed by atoms with Gasteiger partial charge in [-0.15, -0.1) is 0 Å². The SMILES string of the molecule is COc1cc(-c2cc(OC)c(C)cc2F)c(C)cc1C. The van der Waals surface area contributed by atoms with Gasteiger partial charge in [0.2, 0.25) is 0 Å². The standard InChI is InChI=1S/C17H19FO2/c1-10-6-11(2)16(19-4)8-13(10)14-9-17(20-5)12(3)7-15(14)18/h6-9H,1-5H3. The second-order valence-corrected chi connectivity index (χ2v) is 4.94. The monoisotopic (exact) mass is 274 g/mol. The lowest BCUT2D eigenvalue weighted by molar-refractivity contribution is 0.410. The van der Waals surface area contributed by atoms with Gasteiger partial charge in [-0.2, -0.15) is 0 Å². The molecule has 0 saturated carbocycles. The van der Waals surface area contributed by atoms with Crippen molar-refractivity contribution in [3.63, 3.8) is 0 Å². The molecular weight excluding hydrogens is 255 g/mol. The van der Waals surface area contributed by atoms with Crippen LogP contribution in [0, 0.1) is 26.6 Å². The van der Waals surface area contributed by atoms with E-state index in [1.165, 1.54) is 6.07 Å². The van der Waals surface area contributed by atoms with Gasteiger partial charge in [-0.05, 0) is 61.2 Å². The quantitative estimate of drug-likeness (QED) is 0.824. The number of ether oxygens (including phenoxy) is 2. The minimum absolute atomic E-state index is 0.252. The molecular formula is C17H19FO2. The second kappa shape index (κ2) is 5.53. The van der Waals surface area contributed by atoms with Crippen LogP contribution in [-0.2, 0) is 0 Å². The first-order chi connectivity index (χ1) is 9.47. The molecule has 0 spiro atoms. The molecule has 2 aromatic rings. The highest BCUT2D eigenvalue weighted by atomic mass is 19.1. The van der Waals surface area contributed by atoms with Crippen molar-refractivity contribution in [1.82, 2.24) is 0 Å². The number of halogens is 1. The van der Waals surface area contributed by atoms with Crippen LogP contribution in [0.2, 0.25) is 0 Å². The van der Waals surface area contributed by atoms with Gasteiger partial charge in [0.15, 0.2) is 0 Å². The third-order valence-corrected chi connectivity index (χ3v) is 3.52. The van der Waals surface area contributed by atoms with Crippen LogP contribution in [0.4, 0.5) is 4.39 Å². The van der Waals surface area contributed by atoms with Crippen LogP contribution in [0.25, 0.3) is 11.1 Å². The zero-order valence-corrected chi connectivity index (χ0v) is 12.5. The Morgan fingerprint density at radius 2 is 1.20 bits per heavy atom. The predicted octanol–water partition coefficient (Wildman–Crippen LogP) is 4.44. The minimum atomic E-state index is -0.252. The van der Waals surface area contributed by atoms with E-state index in [0.717, 1.165) is 28.0 Å². The molecule has 0 radical (unpaired) electrons. The van der Waals surface area contributed by atoms with Gasteiger partial charge in [-0.1, -0.05) is 6.07 Å². The first-order valence-electron chi connectivity index (χ1n) is 6.47. The molecule has 0 aliphatic carbocycles. The fourth-order valence-electron chi connectivity index (χ4n) is 2.42.